The van der Waals surface area contributed by atoms with Crippen LogP contribution in [0.15, 0.2) is 36.5 Å². The standard InChI is InChI=1S/C18H24FN3O/c1-21-8-2-3-15(21)13-20-12-14-4-5-18(17(19)11-14)22-9-6-16(23)7-10-22/h2-5,8,11,16,20,23H,6-7,9-10,12-13H2,1H3. The number of rotatable bonds is 5. The Hall–Kier alpha value is -1.85. The highest BCUT2D eigenvalue weighted by molar-refractivity contribution is 5.49. The second-order valence-electron chi connectivity index (χ2n) is 6.22. The molecule has 1 aliphatic rings. The molecule has 1 aromatic heterocycles. The highest BCUT2D eigenvalue weighted by Crippen LogP contribution is 2.24. The van der Waals surface area contributed by atoms with E-state index in [1.807, 2.05) is 36.3 Å². The smallest absolute Gasteiger partial charge is 0.146 e. The Bertz CT molecular complexity index is 647. The van der Waals surface area contributed by atoms with Crippen molar-refractivity contribution in [3.8, 4) is 0 Å². The van der Waals surface area contributed by atoms with Crippen molar-refractivity contribution in [3.05, 3.63) is 53.6 Å². The Kier molecular flexibility index (Phi) is 4.98. The molecule has 2 heterocycles. The third-order valence-corrected chi connectivity index (χ3v) is 4.50. The Morgan fingerprint density at radius 2 is 2.00 bits per heavy atom. The van der Waals surface area contributed by atoms with E-state index in [2.05, 4.69) is 16.0 Å². The number of anilines is 1. The first-order chi connectivity index (χ1) is 11.1. The van der Waals surface area contributed by atoms with Crippen LogP contribution < -0.4 is 10.2 Å². The molecule has 0 amide bonds. The van der Waals surface area contributed by atoms with Gasteiger partial charge >= 0.3 is 0 Å². The van der Waals surface area contributed by atoms with Crippen molar-refractivity contribution in [3.63, 3.8) is 0 Å². The summed E-state index contributed by atoms with van der Waals surface area (Å²) in [5, 5.41) is 12.9. The second kappa shape index (κ2) is 7.15. The summed E-state index contributed by atoms with van der Waals surface area (Å²) in [6.45, 7) is 2.82. The predicted molar refractivity (Wildman–Crippen MR) is 89.8 cm³/mol. The van der Waals surface area contributed by atoms with Gasteiger partial charge in [-0.3, -0.25) is 0 Å². The summed E-state index contributed by atoms with van der Waals surface area (Å²) in [4.78, 5) is 2.02. The fraction of sp³-hybridized carbons (Fsp3) is 0.444. The summed E-state index contributed by atoms with van der Waals surface area (Å²) in [5.41, 5.74) is 2.79. The van der Waals surface area contributed by atoms with Gasteiger partial charge in [0, 0.05) is 45.1 Å². The van der Waals surface area contributed by atoms with E-state index in [1.165, 1.54) is 5.69 Å². The summed E-state index contributed by atoms with van der Waals surface area (Å²) < 4.78 is 16.4. The minimum Gasteiger partial charge on any atom is -0.393 e. The monoisotopic (exact) mass is 317 g/mol. The van der Waals surface area contributed by atoms with Crippen molar-refractivity contribution in [2.45, 2.75) is 32.0 Å². The maximum Gasteiger partial charge on any atom is 0.146 e. The first-order valence-corrected chi connectivity index (χ1v) is 8.16. The van der Waals surface area contributed by atoms with Gasteiger partial charge in [-0.05, 0) is 42.7 Å². The van der Waals surface area contributed by atoms with Crippen LogP contribution >= 0.6 is 0 Å². The molecule has 1 aromatic carbocycles. The third kappa shape index (κ3) is 3.92. The number of aryl methyl sites for hydroxylation is 1. The van der Waals surface area contributed by atoms with Gasteiger partial charge in [0.2, 0.25) is 0 Å². The van der Waals surface area contributed by atoms with Crippen LogP contribution in [0.4, 0.5) is 10.1 Å². The summed E-state index contributed by atoms with van der Waals surface area (Å²) in [5.74, 6) is -0.181. The van der Waals surface area contributed by atoms with Crippen LogP contribution in [-0.4, -0.2) is 28.9 Å². The normalized spacial score (nSPS) is 16.0. The number of hydrogen-bond donors (Lipinski definition) is 2. The maximum absolute atomic E-state index is 14.4. The van der Waals surface area contributed by atoms with Gasteiger partial charge in [-0.1, -0.05) is 6.07 Å². The summed E-state index contributed by atoms with van der Waals surface area (Å²) in [7, 11) is 2.01. The SMILES string of the molecule is Cn1cccc1CNCc1ccc(N2CCC(O)CC2)c(F)c1. The highest BCUT2D eigenvalue weighted by atomic mass is 19.1. The Morgan fingerprint density at radius 3 is 2.65 bits per heavy atom. The zero-order chi connectivity index (χ0) is 16.2. The van der Waals surface area contributed by atoms with Crippen LogP contribution in [0.5, 0.6) is 0 Å². The summed E-state index contributed by atoms with van der Waals surface area (Å²) in [6.07, 6.45) is 3.19. The lowest BCUT2D eigenvalue weighted by atomic mass is 10.1. The fourth-order valence-corrected chi connectivity index (χ4v) is 3.04. The maximum atomic E-state index is 14.4. The number of benzene rings is 1. The Balaban J connectivity index is 1.57. The molecule has 0 atom stereocenters. The van der Waals surface area contributed by atoms with Crippen LogP contribution in [0.1, 0.15) is 24.1 Å². The van der Waals surface area contributed by atoms with Crippen molar-refractivity contribution >= 4 is 5.69 Å². The fourth-order valence-electron chi connectivity index (χ4n) is 3.04. The summed E-state index contributed by atoms with van der Waals surface area (Å²) >= 11 is 0. The molecule has 0 unspecified atom stereocenters. The van der Waals surface area contributed by atoms with Gasteiger partial charge in [-0.2, -0.15) is 0 Å². The molecular formula is C18H24FN3O. The molecule has 0 aliphatic carbocycles. The second-order valence-corrected chi connectivity index (χ2v) is 6.22. The lowest BCUT2D eigenvalue weighted by molar-refractivity contribution is 0.145. The molecule has 0 spiro atoms. The number of piperidine rings is 1. The van der Waals surface area contributed by atoms with Gasteiger partial charge in [0.05, 0.1) is 11.8 Å². The number of nitrogens with zero attached hydrogens (tertiary/aromatic N) is 2. The molecule has 0 radical (unpaired) electrons. The first-order valence-electron chi connectivity index (χ1n) is 8.16. The van der Waals surface area contributed by atoms with Gasteiger partial charge in [0.15, 0.2) is 0 Å². The van der Waals surface area contributed by atoms with Crippen LogP contribution in [0.3, 0.4) is 0 Å². The predicted octanol–water partition coefficient (Wildman–Crippen LogP) is 2.42. The molecule has 3 rings (SSSR count). The van der Waals surface area contributed by atoms with E-state index >= 15 is 0 Å². The van der Waals surface area contributed by atoms with E-state index in [1.54, 1.807) is 6.07 Å². The van der Waals surface area contributed by atoms with Crippen LogP contribution in [0, 0.1) is 5.82 Å². The molecule has 2 aromatic rings. The lowest BCUT2D eigenvalue weighted by Crippen LogP contribution is -2.36. The molecule has 124 valence electrons. The quantitative estimate of drug-likeness (QED) is 0.890. The molecule has 0 bridgehead atoms. The van der Waals surface area contributed by atoms with Gasteiger partial charge < -0.3 is 19.9 Å². The minimum atomic E-state index is -0.240. The molecule has 5 heteroatoms. The first kappa shape index (κ1) is 16.0. The number of hydrogen-bond acceptors (Lipinski definition) is 3. The average Bonchev–Trinajstić information content (AvgIpc) is 2.94. The molecule has 23 heavy (non-hydrogen) atoms. The zero-order valence-corrected chi connectivity index (χ0v) is 13.5. The van der Waals surface area contributed by atoms with Gasteiger partial charge in [-0.25, -0.2) is 4.39 Å². The Morgan fingerprint density at radius 1 is 1.22 bits per heavy atom. The number of aliphatic hydroxyl groups is 1. The Labute approximate surface area is 136 Å². The number of aliphatic hydroxyl groups excluding tert-OH is 1. The zero-order valence-electron chi connectivity index (χ0n) is 13.5. The molecule has 1 saturated heterocycles. The van der Waals surface area contributed by atoms with Gasteiger partial charge in [0.25, 0.3) is 0 Å². The molecule has 0 saturated carbocycles. The van der Waals surface area contributed by atoms with Crippen molar-refractivity contribution in [2.24, 2.45) is 7.05 Å². The van der Waals surface area contributed by atoms with E-state index in [0.29, 0.717) is 38.2 Å². The molecule has 4 nitrogen and oxygen atoms in total. The minimum absolute atomic E-state index is 0.181. The van der Waals surface area contributed by atoms with Gasteiger partial charge in [-0.15, -0.1) is 0 Å². The van der Waals surface area contributed by atoms with E-state index in [9.17, 15) is 9.50 Å². The van der Waals surface area contributed by atoms with E-state index in [4.69, 9.17) is 0 Å². The molecular weight excluding hydrogens is 293 g/mol. The average molecular weight is 317 g/mol. The highest BCUT2D eigenvalue weighted by Gasteiger charge is 2.19. The molecule has 2 N–H and O–H groups in total. The van der Waals surface area contributed by atoms with E-state index < -0.39 is 0 Å². The van der Waals surface area contributed by atoms with Crippen molar-refractivity contribution < 1.29 is 9.50 Å². The van der Waals surface area contributed by atoms with Crippen LogP contribution in [0.2, 0.25) is 0 Å². The van der Waals surface area contributed by atoms with Gasteiger partial charge in [0.1, 0.15) is 5.82 Å². The number of nitrogens with one attached hydrogen (secondary N) is 1. The largest absolute Gasteiger partial charge is 0.393 e. The van der Waals surface area contributed by atoms with Crippen LogP contribution in [-0.2, 0) is 20.1 Å². The molecule has 1 fully saturated rings. The van der Waals surface area contributed by atoms with Crippen molar-refractivity contribution in [1.82, 2.24) is 9.88 Å². The number of aromatic nitrogens is 1. The van der Waals surface area contributed by atoms with Crippen molar-refractivity contribution in [2.75, 3.05) is 18.0 Å². The number of halogens is 1. The van der Waals surface area contributed by atoms with E-state index in [-0.39, 0.29) is 11.9 Å². The van der Waals surface area contributed by atoms with Crippen molar-refractivity contribution in [1.29, 1.82) is 0 Å². The third-order valence-electron chi connectivity index (χ3n) is 4.50. The topological polar surface area (TPSA) is 40.4 Å². The summed E-state index contributed by atoms with van der Waals surface area (Å²) in [6, 6.07) is 9.52. The molecule has 1 aliphatic heterocycles. The van der Waals surface area contributed by atoms with E-state index in [0.717, 1.165) is 12.1 Å². The van der Waals surface area contributed by atoms with Crippen LogP contribution in [0.25, 0.3) is 0 Å². The lowest BCUT2D eigenvalue weighted by Gasteiger charge is -2.31.